The number of rotatable bonds is 8. The lowest BCUT2D eigenvalue weighted by molar-refractivity contribution is -0.110. The van der Waals surface area contributed by atoms with Crippen molar-refractivity contribution >= 4 is 17.9 Å². The molecule has 0 saturated heterocycles. The van der Waals surface area contributed by atoms with Crippen molar-refractivity contribution in [2.24, 2.45) is 0 Å². The Hall–Kier alpha value is -3.21. The van der Waals surface area contributed by atoms with Gasteiger partial charge in [-0.3, -0.25) is 4.79 Å². The summed E-state index contributed by atoms with van der Waals surface area (Å²) >= 11 is 0. The molecule has 136 valence electrons. The van der Waals surface area contributed by atoms with E-state index in [1.165, 1.54) is 12.2 Å². The van der Waals surface area contributed by atoms with Crippen LogP contribution in [0.4, 0.5) is 0 Å². The second kappa shape index (κ2) is 9.32. The van der Waals surface area contributed by atoms with Crippen molar-refractivity contribution < 1.29 is 23.7 Å². The molecule has 0 bridgehead atoms. The van der Waals surface area contributed by atoms with Gasteiger partial charge in [-0.1, -0.05) is 0 Å². The Balaban J connectivity index is 2.18. The average Bonchev–Trinajstić information content (AvgIpc) is 2.69. The molecule has 0 radical (unpaired) electrons. The molecule has 0 atom stereocenters. The minimum Gasteiger partial charge on any atom is -0.497 e. The highest BCUT2D eigenvalue weighted by atomic mass is 16.5. The predicted molar refractivity (Wildman–Crippen MR) is 102 cm³/mol. The smallest absolute Gasteiger partial charge is 0.178 e. The van der Waals surface area contributed by atoms with Gasteiger partial charge in [0.1, 0.15) is 23.0 Å². The fraction of sp³-hybridized carbons (Fsp3) is 0.190. The lowest BCUT2D eigenvalue weighted by Crippen LogP contribution is -1.92. The van der Waals surface area contributed by atoms with Crippen LogP contribution in [0.15, 0.2) is 48.6 Å². The Morgan fingerprint density at radius 2 is 1.12 bits per heavy atom. The Kier molecular flexibility index (Phi) is 6.85. The van der Waals surface area contributed by atoms with Crippen LogP contribution in [0.1, 0.15) is 11.1 Å². The molecule has 5 heteroatoms. The quantitative estimate of drug-likeness (QED) is 0.670. The number of hydrogen-bond donors (Lipinski definition) is 0. The van der Waals surface area contributed by atoms with Crippen LogP contribution in [0.5, 0.6) is 23.0 Å². The van der Waals surface area contributed by atoms with E-state index >= 15 is 0 Å². The van der Waals surface area contributed by atoms with Gasteiger partial charge in [0, 0.05) is 11.1 Å². The van der Waals surface area contributed by atoms with Crippen molar-refractivity contribution in [3.8, 4) is 23.0 Å². The fourth-order valence-electron chi connectivity index (χ4n) is 2.34. The molecule has 0 aromatic heterocycles. The Labute approximate surface area is 153 Å². The number of ketones is 1. The maximum absolute atomic E-state index is 12.2. The first kappa shape index (κ1) is 19.1. The van der Waals surface area contributed by atoms with Crippen molar-refractivity contribution in [1.82, 2.24) is 0 Å². The molecule has 0 amide bonds. The van der Waals surface area contributed by atoms with E-state index in [0.29, 0.717) is 23.0 Å². The molecule has 0 N–H and O–H groups in total. The highest BCUT2D eigenvalue weighted by Gasteiger charge is 2.04. The van der Waals surface area contributed by atoms with Crippen LogP contribution in [0, 0.1) is 0 Å². The van der Waals surface area contributed by atoms with Gasteiger partial charge in [-0.25, -0.2) is 0 Å². The summed E-state index contributed by atoms with van der Waals surface area (Å²) in [6.07, 6.45) is 6.33. The van der Waals surface area contributed by atoms with Gasteiger partial charge in [-0.05, 0) is 60.7 Å². The first-order chi connectivity index (χ1) is 12.6. The molecule has 0 heterocycles. The van der Waals surface area contributed by atoms with Crippen LogP contribution < -0.4 is 18.9 Å². The highest BCUT2D eigenvalue weighted by Crippen LogP contribution is 2.26. The first-order valence-electron chi connectivity index (χ1n) is 7.95. The van der Waals surface area contributed by atoms with Crippen LogP contribution in [-0.4, -0.2) is 34.2 Å². The third kappa shape index (κ3) is 4.89. The molecule has 0 spiro atoms. The van der Waals surface area contributed by atoms with Gasteiger partial charge in [0.25, 0.3) is 0 Å². The van der Waals surface area contributed by atoms with Gasteiger partial charge in [0.05, 0.1) is 28.4 Å². The molecule has 2 aromatic rings. The molecule has 0 aliphatic rings. The van der Waals surface area contributed by atoms with E-state index in [1.54, 1.807) is 77.0 Å². The number of allylic oxidation sites excluding steroid dienone is 2. The number of methoxy groups -OCH3 is 4. The molecular weight excluding hydrogens is 332 g/mol. The Bertz CT molecular complexity index is 754. The number of ether oxygens (including phenoxy) is 4. The number of hydrogen-bond acceptors (Lipinski definition) is 5. The van der Waals surface area contributed by atoms with Gasteiger partial charge in [0.2, 0.25) is 0 Å². The van der Waals surface area contributed by atoms with E-state index in [-0.39, 0.29) is 5.78 Å². The van der Waals surface area contributed by atoms with Crippen LogP contribution in [-0.2, 0) is 4.79 Å². The topological polar surface area (TPSA) is 54.0 Å². The summed E-state index contributed by atoms with van der Waals surface area (Å²) in [6.45, 7) is 0. The molecule has 2 rings (SSSR count). The molecule has 5 nitrogen and oxygen atoms in total. The zero-order valence-corrected chi connectivity index (χ0v) is 15.3. The summed E-state index contributed by atoms with van der Waals surface area (Å²) in [7, 11) is 6.33. The highest BCUT2D eigenvalue weighted by molar-refractivity contribution is 6.04. The standard InChI is InChI=1S/C21H22O5/c1-23-18-9-11-20(25-3)15(13-18)5-7-17(22)8-6-16-14-19(24-2)10-12-21(16)26-4/h5-14H,1-4H3/b7-5+,8-6+. The lowest BCUT2D eigenvalue weighted by Gasteiger charge is -2.07. The largest absolute Gasteiger partial charge is 0.497 e. The lowest BCUT2D eigenvalue weighted by atomic mass is 10.1. The number of carbonyl (C=O) groups is 1. The van der Waals surface area contributed by atoms with Crippen molar-refractivity contribution in [2.75, 3.05) is 28.4 Å². The third-order valence-corrected chi connectivity index (χ3v) is 3.73. The first-order valence-corrected chi connectivity index (χ1v) is 7.95. The SMILES string of the molecule is COc1ccc(OC)c(/C=C/C(=O)/C=C/c2cc(OC)ccc2OC)c1. The molecule has 26 heavy (non-hydrogen) atoms. The molecule has 0 aliphatic heterocycles. The molecule has 0 fully saturated rings. The van der Waals surface area contributed by atoms with E-state index in [9.17, 15) is 4.79 Å². The normalized spacial score (nSPS) is 10.9. The molecule has 0 saturated carbocycles. The monoisotopic (exact) mass is 354 g/mol. The maximum Gasteiger partial charge on any atom is 0.178 e. The Morgan fingerprint density at radius 1 is 0.692 bits per heavy atom. The summed E-state index contributed by atoms with van der Waals surface area (Å²) in [4.78, 5) is 12.2. The molecule has 0 aliphatic carbocycles. The van der Waals surface area contributed by atoms with Gasteiger partial charge >= 0.3 is 0 Å². The van der Waals surface area contributed by atoms with Gasteiger partial charge in [-0.2, -0.15) is 0 Å². The van der Waals surface area contributed by atoms with Crippen LogP contribution >= 0.6 is 0 Å². The zero-order valence-electron chi connectivity index (χ0n) is 15.3. The molecular formula is C21H22O5. The summed E-state index contributed by atoms with van der Waals surface area (Å²) in [5, 5.41) is 0. The minimum atomic E-state index is -0.167. The van der Waals surface area contributed by atoms with Gasteiger partial charge in [0.15, 0.2) is 5.78 Å². The van der Waals surface area contributed by atoms with Crippen molar-refractivity contribution in [3.63, 3.8) is 0 Å². The average molecular weight is 354 g/mol. The molecule has 2 aromatic carbocycles. The molecule has 0 unspecified atom stereocenters. The summed E-state index contributed by atoms with van der Waals surface area (Å²) < 4.78 is 21.0. The fourth-order valence-corrected chi connectivity index (χ4v) is 2.34. The van der Waals surface area contributed by atoms with Gasteiger partial charge < -0.3 is 18.9 Å². The number of carbonyl (C=O) groups excluding carboxylic acids is 1. The van der Waals surface area contributed by atoms with E-state index in [2.05, 4.69) is 0 Å². The summed E-state index contributed by atoms with van der Waals surface area (Å²) in [6, 6.07) is 10.8. The van der Waals surface area contributed by atoms with Gasteiger partial charge in [-0.15, -0.1) is 0 Å². The van der Waals surface area contributed by atoms with E-state index in [0.717, 1.165) is 11.1 Å². The summed E-state index contributed by atoms with van der Waals surface area (Å²) in [5.41, 5.74) is 1.51. The summed E-state index contributed by atoms with van der Waals surface area (Å²) in [5.74, 6) is 2.53. The zero-order chi connectivity index (χ0) is 18.9. The van der Waals surface area contributed by atoms with Crippen LogP contribution in [0.3, 0.4) is 0 Å². The van der Waals surface area contributed by atoms with Crippen LogP contribution in [0.25, 0.3) is 12.2 Å². The number of benzene rings is 2. The van der Waals surface area contributed by atoms with Crippen LogP contribution in [0.2, 0.25) is 0 Å². The minimum absolute atomic E-state index is 0.167. The van der Waals surface area contributed by atoms with Crippen molar-refractivity contribution in [1.29, 1.82) is 0 Å². The van der Waals surface area contributed by atoms with E-state index in [4.69, 9.17) is 18.9 Å². The third-order valence-electron chi connectivity index (χ3n) is 3.73. The van der Waals surface area contributed by atoms with E-state index in [1.807, 2.05) is 0 Å². The second-order valence-electron chi connectivity index (χ2n) is 5.28. The maximum atomic E-state index is 12.2. The second-order valence-corrected chi connectivity index (χ2v) is 5.28. The Morgan fingerprint density at radius 3 is 1.46 bits per heavy atom. The van der Waals surface area contributed by atoms with Crippen molar-refractivity contribution in [2.45, 2.75) is 0 Å². The predicted octanol–water partition coefficient (Wildman–Crippen LogP) is 4.02. The van der Waals surface area contributed by atoms with Crippen molar-refractivity contribution in [3.05, 3.63) is 59.7 Å². The van der Waals surface area contributed by atoms with E-state index < -0.39 is 0 Å².